The molecule has 3 rings (SSSR count). The molecule has 0 radical (unpaired) electrons. The van der Waals surface area contributed by atoms with E-state index < -0.39 is 0 Å². The van der Waals surface area contributed by atoms with E-state index in [2.05, 4.69) is 12.2 Å². The Labute approximate surface area is 167 Å². The summed E-state index contributed by atoms with van der Waals surface area (Å²) in [6.07, 6.45) is 2.11. The summed E-state index contributed by atoms with van der Waals surface area (Å²) in [5.41, 5.74) is 0. The normalized spacial score (nSPS) is 22.7. The van der Waals surface area contributed by atoms with Crippen LogP contribution in [0.1, 0.15) is 26.2 Å². The van der Waals surface area contributed by atoms with Crippen molar-refractivity contribution in [2.45, 2.75) is 32.2 Å². The van der Waals surface area contributed by atoms with E-state index in [1.54, 1.807) is 0 Å². The number of nitrogens with zero attached hydrogens (tertiary/aromatic N) is 2. The molecule has 2 amide bonds. The molecule has 2 atom stereocenters. The van der Waals surface area contributed by atoms with E-state index in [-0.39, 0.29) is 36.2 Å². The van der Waals surface area contributed by atoms with Gasteiger partial charge in [-0.05, 0) is 31.9 Å². The number of hydrogen-bond acceptors (Lipinski definition) is 4. The van der Waals surface area contributed by atoms with E-state index in [0.717, 1.165) is 44.8 Å². The Balaban J connectivity index is 0.00000261. The third-order valence-corrected chi connectivity index (χ3v) is 5.24. The van der Waals surface area contributed by atoms with Crippen LogP contribution in [0.15, 0.2) is 30.3 Å². The quantitative estimate of drug-likeness (QED) is 0.827. The number of piperidine rings is 1. The fraction of sp³-hybridized carbons (Fsp3) is 0.600. The van der Waals surface area contributed by atoms with Gasteiger partial charge in [0.05, 0.1) is 18.9 Å². The molecule has 0 spiro atoms. The maximum Gasteiger partial charge on any atom is 0.227 e. The first-order chi connectivity index (χ1) is 12.6. The molecule has 150 valence electrons. The van der Waals surface area contributed by atoms with Gasteiger partial charge in [0.2, 0.25) is 11.8 Å². The number of carbonyl (C=O) groups is 2. The second-order valence-corrected chi connectivity index (χ2v) is 7.18. The number of rotatable bonds is 5. The summed E-state index contributed by atoms with van der Waals surface area (Å²) in [5, 5.41) is 3.31. The maximum absolute atomic E-state index is 12.9. The average Bonchev–Trinajstić information content (AvgIpc) is 2.69. The molecule has 27 heavy (non-hydrogen) atoms. The third-order valence-electron chi connectivity index (χ3n) is 5.24. The first kappa shape index (κ1) is 21.5. The van der Waals surface area contributed by atoms with Crippen molar-refractivity contribution in [3.63, 3.8) is 0 Å². The zero-order valence-electron chi connectivity index (χ0n) is 15.9. The number of ether oxygens (including phenoxy) is 1. The number of nitrogens with one attached hydrogen (secondary N) is 1. The second-order valence-electron chi connectivity index (χ2n) is 7.18. The minimum atomic E-state index is -0.0664. The summed E-state index contributed by atoms with van der Waals surface area (Å²) in [4.78, 5) is 29.2. The lowest BCUT2D eigenvalue weighted by molar-refractivity contribution is -0.143. The van der Waals surface area contributed by atoms with Gasteiger partial charge in [0.1, 0.15) is 5.75 Å². The molecule has 1 aromatic carbocycles. The molecule has 2 aliphatic rings. The number of piperazine rings is 1. The van der Waals surface area contributed by atoms with Gasteiger partial charge in [0, 0.05) is 38.8 Å². The molecule has 2 aliphatic heterocycles. The van der Waals surface area contributed by atoms with Crippen LogP contribution < -0.4 is 10.1 Å². The Kier molecular flexibility index (Phi) is 8.38. The van der Waals surface area contributed by atoms with Gasteiger partial charge in [0.15, 0.2) is 0 Å². The molecule has 7 heteroatoms. The minimum absolute atomic E-state index is 0. The average molecular weight is 396 g/mol. The topological polar surface area (TPSA) is 61.9 Å². The van der Waals surface area contributed by atoms with Crippen molar-refractivity contribution in [3.05, 3.63) is 30.3 Å². The third kappa shape index (κ3) is 5.84. The molecule has 6 nitrogen and oxygen atoms in total. The summed E-state index contributed by atoms with van der Waals surface area (Å²) < 4.78 is 5.62. The lowest BCUT2D eigenvalue weighted by atomic mass is 9.95. The number of amides is 2. The largest absolute Gasteiger partial charge is 0.493 e. The number of hydrogen-bond donors (Lipinski definition) is 1. The highest BCUT2D eigenvalue weighted by atomic mass is 35.5. The number of para-hydroxylation sites is 1. The Bertz CT molecular complexity index is 614. The molecule has 1 N–H and O–H groups in total. The Morgan fingerprint density at radius 2 is 2.00 bits per heavy atom. The van der Waals surface area contributed by atoms with Crippen molar-refractivity contribution in [2.24, 2.45) is 5.92 Å². The highest BCUT2D eigenvalue weighted by Gasteiger charge is 2.33. The standard InChI is InChI=1S/C20H29N3O3.ClH/c1-16-14-21-10-12-23(16)20(25)17-6-5-11-22(15-17)19(24)9-13-26-18-7-3-2-4-8-18;/h2-4,7-8,16-17,21H,5-6,9-15H2,1H3;1H/t16-,17?;/m1./s1. The lowest BCUT2D eigenvalue weighted by Crippen LogP contribution is -2.56. The highest BCUT2D eigenvalue weighted by molar-refractivity contribution is 5.85. The van der Waals surface area contributed by atoms with Gasteiger partial charge in [-0.15, -0.1) is 12.4 Å². The minimum Gasteiger partial charge on any atom is -0.493 e. The van der Waals surface area contributed by atoms with Gasteiger partial charge < -0.3 is 19.9 Å². The fourth-order valence-electron chi connectivity index (χ4n) is 3.74. The summed E-state index contributed by atoms with van der Waals surface area (Å²) in [6.45, 7) is 6.18. The molecule has 0 aromatic heterocycles. The molecule has 0 saturated carbocycles. The molecule has 1 aromatic rings. The fourth-order valence-corrected chi connectivity index (χ4v) is 3.74. The van der Waals surface area contributed by atoms with E-state index in [4.69, 9.17) is 4.74 Å². The number of likely N-dealkylation sites (tertiary alicyclic amines) is 1. The van der Waals surface area contributed by atoms with Crippen LogP contribution in [0.2, 0.25) is 0 Å². The summed E-state index contributed by atoms with van der Waals surface area (Å²) in [6, 6.07) is 9.75. The van der Waals surface area contributed by atoms with Gasteiger partial charge in [-0.1, -0.05) is 18.2 Å². The van der Waals surface area contributed by atoms with Crippen molar-refractivity contribution < 1.29 is 14.3 Å². The van der Waals surface area contributed by atoms with Crippen molar-refractivity contribution in [1.29, 1.82) is 0 Å². The summed E-state index contributed by atoms with van der Waals surface area (Å²) in [5.74, 6) is 0.992. The van der Waals surface area contributed by atoms with Crippen LogP contribution in [-0.2, 0) is 9.59 Å². The van der Waals surface area contributed by atoms with Gasteiger partial charge in [-0.2, -0.15) is 0 Å². The zero-order valence-corrected chi connectivity index (χ0v) is 16.7. The van der Waals surface area contributed by atoms with Crippen LogP contribution in [0.4, 0.5) is 0 Å². The Morgan fingerprint density at radius 3 is 2.74 bits per heavy atom. The van der Waals surface area contributed by atoms with Crippen LogP contribution in [0, 0.1) is 5.92 Å². The SMILES string of the molecule is C[C@@H]1CNCCN1C(=O)C1CCCN(C(=O)CCOc2ccccc2)C1.Cl. The highest BCUT2D eigenvalue weighted by Crippen LogP contribution is 2.21. The lowest BCUT2D eigenvalue weighted by Gasteiger charge is -2.39. The first-order valence-corrected chi connectivity index (χ1v) is 9.62. The van der Waals surface area contributed by atoms with E-state index in [1.165, 1.54) is 0 Å². The molecule has 2 fully saturated rings. The van der Waals surface area contributed by atoms with E-state index in [0.29, 0.717) is 19.6 Å². The van der Waals surface area contributed by atoms with Gasteiger partial charge >= 0.3 is 0 Å². The predicted octanol–water partition coefficient (Wildman–Crippen LogP) is 1.94. The molecule has 0 bridgehead atoms. The molecular weight excluding hydrogens is 366 g/mol. The van der Waals surface area contributed by atoms with Gasteiger partial charge in [-0.3, -0.25) is 9.59 Å². The molecule has 2 saturated heterocycles. The van der Waals surface area contributed by atoms with Crippen LogP contribution in [0.3, 0.4) is 0 Å². The van der Waals surface area contributed by atoms with Crippen molar-refractivity contribution in [2.75, 3.05) is 39.3 Å². The Hall–Kier alpha value is -1.79. The first-order valence-electron chi connectivity index (χ1n) is 9.62. The van der Waals surface area contributed by atoms with E-state index in [1.807, 2.05) is 40.1 Å². The maximum atomic E-state index is 12.9. The van der Waals surface area contributed by atoms with Crippen LogP contribution in [-0.4, -0.2) is 67.0 Å². The number of benzene rings is 1. The van der Waals surface area contributed by atoms with Gasteiger partial charge in [0.25, 0.3) is 0 Å². The number of halogens is 1. The summed E-state index contributed by atoms with van der Waals surface area (Å²) >= 11 is 0. The smallest absolute Gasteiger partial charge is 0.227 e. The second kappa shape index (κ2) is 10.5. The van der Waals surface area contributed by atoms with Crippen molar-refractivity contribution in [1.82, 2.24) is 15.1 Å². The molecule has 2 heterocycles. The predicted molar refractivity (Wildman–Crippen MR) is 107 cm³/mol. The van der Waals surface area contributed by atoms with Crippen LogP contribution in [0.25, 0.3) is 0 Å². The monoisotopic (exact) mass is 395 g/mol. The van der Waals surface area contributed by atoms with Crippen molar-refractivity contribution >= 4 is 24.2 Å². The van der Waals surface area contributed by atoms with Gasteiger partial charge in [-0.25, -0.2) is 0 Å². The van der Waals surface area contributed by atoms with Crippen LogP contribution >= 0.6 is 12.4 Å². The zero-order chi connectivity index (χ0) is 18.4. The number of carbonyl (C=O) groups excluding carboxylic acids is 2. The Morgan fingerprint density at radius 1 is 1.22 bits per heavy atom. The van der Waals surface area contributed by atoms with Crippen LogP contribution in [0.5, 0.6) is 5.75 Å². The van der Waals surface area contributed by atoms with E-state index in [9.17, 15) is 9.59 Å². The van der Waals surface area contributed by atoms with Crippen molar-refractivity contribution in [3.8, 4) is 5.75 Å². The molecular formula is C20H30ClN3O3. The summed E-state index contributed by atoms with van der Waals surface area (Å²) in [7, 11) is 0. The van der Waals surface area contributed by atoms with E-state index >= 15 is 0 Å². The molecule has 1 unspecified atom stereocenters. The molecule has 0 aliphatic carbocycles.